The van der Waals surface area contributed by atoms with E-state index >= 15 is 0 Å². The van der Waals surface area contributed by atoms with Crippen molar-refractivity contribution in [1.82, 2.24) is 9.62 Å². The number of carboxylic acids is 1. The molecular formula is C18H24N2O5S. The van der Waals surface area contributed by atoms with E-state index in [1.807, 2.05) is 0 Å². The number of nitrogens with zero attached hydrogens (tertiary/aromatic N) is 1. The van der Waals surface area contributed by atoms with Gasteiger partial charge < -0.3 is 10.4 Å². The number of hydrogen-bond acceptors (Lipinski definition) is 4. The Bertz CT molecular complexity index is 778. The van der Waals surface area contributed by atoms with Gasteiger partial charge in [0.15, 0.2) is 0 Å². The van der Waals surface area contributed by atoms with Gasteiger partial charge in [0.25, 0.3) is 0 Å². The number of carbonyl (C=O) groups is 2. The SMILES string of the molecule is O=C(CCc1ccc(S(=O)(=O)N2CCCCC2)cc1)NC1(C(=O)O)CC1. The number of hydrogen-bond donors (Lipinski definition) is 2. The van der Waals surface area contributed by atoms with Crippen molar-refractivity contribution in [2.75, 3.05) is 13.1 Å². The summed E-state index contributed by atoms with van der Waals surface area (Å²) in [7, 11) is -3.45. The molecule has 0 atom stereocenters. The molecule has 1 saturated carbocycles. The number of aliphatic carboxylic acids is 1. The van der Waals surface area contributed by atoms with Gasteiger partial charge in [-0.2, -0.15) is 4.31 Å². The van der Waals surface area contributed by atoms with Crippen LogP contribution in [0.25, 0.3) is 0 Å². The van der Waals surface area contributed by atoms with Crippen molar-refractivity contribution in [2.45, 2.75) is 55.4 Å². The summed E-state index contributed by atoms with van der Waals surface area (Å²) >= 11 is 0. The zero-order valence-corrected chi connectivity index (χ0v) is 15.4. The molecule has 0 bridgehead atoms. The smallest absolute Gasteiger partial charge is 0.329 e. The normalized spacial score (nSPS) is 19.7. The van der Waals surface area contributed by atoms with Gasteiger partial charge in [-0.15, -0.1) is 0 Å². The van der Waals surface area contributed by atoms with Crippen molar-refractivity contribution in [1.29, 1.82) is 0 Å². The van der Waals surface area contributed by atoms with E-state index < -0.39 is 21.5 Å². The molecule has 2 N–H and O–H groups in total. The molecule has 8 heteroatoms. The van der Waals surface area contributed by atoms with Gasteiger partial charge in [-0.3, -0.25) is 4.79 Å². The lowest BCUT2D eigenvalue weighted by molar-refractivity contribution is -0.143. The molecule has 142 valence electrons. The summed E-state index contributed by atoms with van der Waals surface area (Å²) in [6, 6.07) is 6.59. The number of piperidine rings is 1. The highest BCUT2D eigenvalue weighted by Crippen LogP contribution is 2.35. The molecule has 1 heterocycles. The molecule has 1 saturated heterocycles. The van der Waals surface area contributed by atoms with Crippen LogP contribution >= 0.6 is 0 Å². The van der Waals surface area contributed by atoms with Gasteiger partial charge in [-0.25, -0.2) is 13.2 Å². The van der Waals surface area contributed by atoms with Gasteiger partial charge in [0.2, 0.25) is 15.9 Å². The first kappa shape index (κ1) is 18.8. The van der Waals surface area contributed by atoms with E-state index in [1.54, 1.807) is 24.3 Å². The summed E-state index contributed by atoms with van der Waals surface area (Å²) in [4.78, 5) is 23.3. The van der Waals surface area contributed by atoms with Crippen LogP contribution < -0.4 is 5.32 Å². The summed E-state index contributed by atoms with van der Waals surface area (Å²) < 4.78 is 26.7. The molecule has 1 aliphatic heterocycles. The number of carboxylic acid groups (broad SMARTS) is 1. The lowest BCUT2D eigenvalue weighted by Gasteiger charge is -2.25. The first-order chi connectivity index (χ1) is 12.3. The Morgan fingerprint density at radius 3 is 2.23 bits per heavy atom. The summed E-state index contributed by atoms with van der Waals surface area (Å²) in [5, 5.41) is 11.7. The second kappa shape index (κ2) is 7.36. The van der Waals surface area contributed by atoms with Crippen LogP contribution in [0.2, 0.25) is 0 Å². The average molecular weight is 380 g/mol. The first-order valence-corrected chi connectivity index (χ1v) is 10.4. The molecule has 2 aliphatic rings. The minimum atomic E-state index is -3.45. The van der Waals surface area contributed by atoms with Crippen molar-refractivity contribution in [3.05, 3.63) is 29.8 Å². The van der Waals surface area contributed by atoms with Crippen LogP contribution in [-0.4, -0.2) is 48.3 Å². The second-order valence-electron chi connectivity index (χ2n) is 7.04. The van der Waals surface area contributed by atoms with E-state index in [2.05, 4.69) is 5.32 Å². The third-order valence-electron chi connectivity index (χ3n) is 5.05. The third-order valence-corrected chi connectivity index (χ3v) is 6.97. The predicted octanol–water partition coefficient (Wildman–Crippen LogP) is 1.53. The molecule has 0 aromatic heterocycles. The Labute approximate surface area is 153 Å². The Morgan fingerprint density at radius 2 is 1.69 bits per heavy atom. The van der Waals surface area contributed by atoms with E-state index in [-0.39, 0.29) is 17.2 Å². The highest BCUT2D eigenvalue weighted by atomic mass is 32.2. The van der Waals surface area contributed by atoms with Gasteiger partial charge in [0.1, 0.15) is 5.54 Å². The van der Waals surface area contributed by atoms with Gasteiger partial charge in [0, 0.05) is 19.5 Å². The molecule has 0 spiro atoms. The second-order valence-corrected chi connectivity index (χ2v) is 8.98. The van der Waals surface area contributed by atoms with Crippen molar-refractivity contribution in [3.8, 4) is 0 Å². The molecule has 7 nitrogen and oxygen atoms in total. The molecule has 1 amide bonds. The highest BCUT2D eigenvalue weighted by molar-refractivity contribution is 7.89. The maximum atomic E-state index is 12.6. The van der Waals surface area contributed by atoms with Crippen molar-refractivity contribution in [3.63, 3.8) is 0 Å². The van der Waals surface area contributed by atoms with Crippen molar-refractivity contribution < 1.29 is 23.1 Å². The van der Waals surface area contributed by atoms with Crippen LogP contribution in [0, 0.1) is 0 Å². The van der Waals surface area contributed by atoms with E-state index in [0.717, 1.165) is 24.8 Å². The number of aryl methyl sites for hydroxylation is 1. The van der Waals surface area contributed by atoms with E-state index in [1.165, 1.54) is 4.31 Å². The molecule has 3 rings (SSSR count). The Balaban J connectivity index is 1.56. The standard InChI is InChI=1S/C18H24N2O5S/c21-16(19-18(10-11-18)17(22)23)9-6-14-4-7-15(8-5-14)26(24,25)20-12-2-1-3-13-20/h4-5,7-8H,1-3,6,9-13H2,(H,19,21)(H,22,23). The van der Waals surface area contributed by atoms with Crippen LogP contribution in [0.3, 0.4) is 0 Å². The topological polar surface area (TPSA) is 104 Å². The minimum Gasteiger partial charge on any atom is -0.480 e. The molecule has 1 aliphatic carbocycles. The third kappa shape index (κ3) is 4.07. The largest absolute Gasteiger partial charge is 0.480 e. The average Bonchev–Trinajstić information content (AvgIpc) is 3.42. The molecule has 1 aromatic carbocycles. The predicted molar refractivity (Wildman–Crippen MR) is 95.1 cm³/mol. The summed E-state index contributed by atoms with van der Waals surface area (Å²) in [6.07, 6.45) is 4.40. The van der Waals surface area contributed by atoms with Crippen LogP contribution in [0.15, 0.2) is 29.2 Å². The quantitative estimate of drug-likeness (QED) is 0.746. The monoisotopic (exact) mass is 380 g/mol. The number of sulfonamides is 1. The van der Waals surface area contributed by atoms with Crippen LogP contribution in [0.5, 0.6) is 0 Å². The fraction of sp³-hybridized carbons (Fsp3) is 0.556. The molecular weight excluding hydrogens is 356 g/mol. The van der Waals surface area contributed by atoms with Crippen LogP contribution in [0.4, 0.5) is 0 Å². The van der Waals surface area contributed by atoms with Crippen molar-refractivity contribution >= 4 is 21.9 Å². The first-order valence-electron chi connectivity index (χ1n) is 8.97. The maximum Gasteiger partial charge on any atom is 0.329 e. The zero-order chi connectivity index (χ0) is 18.8. The van der Waals surface area contributed by atoms with Gasteiger partial charge in [-0.1, -0.05) is 18.6 Å². The van der Waals surface area contributed by atoms with E-state index in [9.17, 15) is 18.0 Å². The summed E-state index contributed by atoms with van der Waals surface area (Å²) in [6.45, 7) is 1.13. The number of amides is 1. The van der Waals surface area contributed by atoms with Gasteiger partial charge in [0.05, 0.1) is 4.90 Å². The number of nitrogens with one attached hydrogen (secondary N) is 1. The summed E-state index contributed by atoms with van der Waals surface area (Å²) in [5.41, 5.74) is -0.221. The summed E-state index contributed by atoms with van der Waals surface area (Å²) in [5.74, 6) is -1.28. The number of rotatable bonds is 7. The Morgan fingerprint density at radius 1 is 1.08 bits per heavy atom. The Hall–Kier alpha value is -1.93. The van der Waals surface area contributed by atoms with Gasteiger partial charge in [-0.05, 0) is 49.8 Å². The van der Waals surface area contributed by atoms with E-state index in [0.29, 0.717) is 32.4 Å². The highest BCUT2D eigenvalue weighted by Gasteiger charge is 2.51. The van der Waals surface area contributed by atoms with Gasteiger partial charge >= 0.3 is 5.97 Å². The maximum absolute atomic E-state index is 12.6. The molecule has 26 heavy (non-hydrogen) atoms. The van der Waals surface area contributed by atoms with Crippen LogP contribution in [-0.2, 0) is 26.0 Å². The van der Waals surface area contributed by atoms with Crippen LogP contribution in [0.1, 0.15) is 44.1 Å². The minimum absolute atomic E-state index is 0.174. The lowest BCUT2D eigenvalue weighted by atomic mass is 10.1. The zero-order valence-electron chi connectivity index (χ0n) is 14.6. The Kier molecular flexibility index (Phi) is 5.34. The molecule has 0 radical (unpaired) electrons. The fourth-order valence-electron chi connectivity index (χ4n) is 3.19. The molecule has 1 aromatic rings. The number of carbonyl (C=O) groups excluding carboxylic acids is 1. The lowest BCUT2D eigenvalue weighted by Crippen LogP contribution is -2.43. The molecule has 2 fully saturated rings. The van der Waals surface area contributed by atoms with Crippen molar-refractivity contribution in [2.24, 2.45) is 0 Å². The number of benzene rings is 1. The fourth-order valence-corrected chi connectivity index (χ4v) is 4.70. The molecule has 0 unspecified atom stereocenters. The van der Waals surface area contributed by atoms with E-state index in [4.69, 9.17) is 5.11 Å².